The summed E-state index contributed by atoms with van der Waals surface area (Å²) in [6.07, 6.45) is 0. The number of sulfonamides is 1. The molecule has 2 aromatic carbocycles. The number of rotatable bonds is 4. The van der Waals surface area contributed by atoms with Crippen LogP contribution in [-0.4, -0.2) is 14.3 Å². The minimum Gasteiger partial charge on any atom is -0.273 e. The van der Waals surface area contributed by atoms with E-state index in [1.807, 2.05) is 4.83 Å². The van der Waals surface area contributed by atoms with Gasteiger partial charge in [-0.1, -0.05) is 23.7 Å². The lowest BCUT2D eigenvalue weighted by Gasteiger charge is -2.09. The van der Waals surface area contributed by atoms with Crippen molar-refractivity contribution in [2.24, 2.45) is 0 Å². The molecule has 0 fully saturated rings. The van der Waals surface area contributed by atoms with Crippen molar-refractivity contribution in [2.45, 2.75) is 4.90 Å². The van der Waals surface area contributed by atoms with Crippen molar-refractivity contribution >= 4 is 43.5 Å². The molecule has 116 valence electrons. The van der Waals surface area contributed by atoms with Crippen LogP contribution in [0, 0.1) is 5.82 Å². The topological polar surface area (TPSA) is 75.3 Å². The van der Waals surface area contributed by atoms with Gasteiger partial charge in [-0.3, -0.25) is 10.2 Å². The summed E-state index contributed by atoms with van der Waals surface area (Å²) < 4.78 is 37.6. The normalized spacial score (nSPS) is 11.2. The lowest BCUT2D eigenvalue weighted by Crippen LogP contribution is -2.41. The third kappa shape index (κ3) is 3.83. The van der Waals surface area contributed by atoms with Crippen LogP contribution in [0.5, 0.6) is 0 Å². The zero-order valence-corrected chi connectivity index (χ0v) is 14.0. The van der Waals surface area contributed by atoms with Gasteiger partial charge in [0.25, 0.3) is 15.9 Å². The first-order valence-corrected chi connectivity index (χ1v) is 8.48. The molecule has 1 amide bonds. The molecular weight excluding hydrogens is 399 g/mol. The summed E-state index contributed by atoms with van der Waals surface area (Å²) in [5.74, 6) is -1.39. The van der Waals surface area contributed by atoms with E-state index >= 15 is 0 Å². The second-order valence-corrected chi connectivity index (χ2v) is 7.06. The molecule has 2 rings (SSSR count). The van der Waals surface area contributed by atoms with Crippen molar-refractivity contribution in [2.75, 3.05) is 0 Å². The Bertz CT molecular complexity index is 830. The van der Waals surface area contributed by atoms with Crippen LogP contribution >= 0.6 is 27.5 Å². The summed E-state index contributed by atoms with van der Waals surface area (Å²) >= 11 is 8.72. The number of benzene rings is 2. The predicted molar refractivity (Wildman–Crippen MR) is 83.3 cm³/mol. The van der Waals surface area contributed by atoms with Crippen LogP contribution in [0.4, 0.5) is 4.39 Å². The van der Waals surface area contributed by atoms with Gasteiger partial charge < -0.3 is 0 Å². The molecule has 0 aromatic heterocycles. The third-order valence-corrected chi connectivity index (χ3v) is 4.85. The quantitative estimate of drug-likeness (QED) is 0.765. The molecule has 0 aliphatic carbocycles. The molecule has 0 bridgehead atoms. The lowest BCUT2D eigenvalue weighted by molar-refractivity contribution is 0.0944. The average molecular weight is 408 g/mol. The predicted octanol–water partition coefficient (Wildman–Crippen LogP) is 2.86. The van der Waals surface area contributed by atoms with Crippen molar-refractivity contribution in [1.29, 1.82) is 0 Å². The molecule has 0 aliphatic rings. The Hall–Kier alpha value is -1.48. The Balaban J connectivity index is 2.14. The van der Waals surface area contributed by atoms with E-state index in [0.717, 1.165) is 18.2 Å². The average Bonchev–Trinajstić information content (AvgIpc) is 2.48. The molecule has 0 aliphatic heterocycles. The summed E-state index contributed by atoms with van der Waals surface area (Å²) in [6, 6.07) is 9.41. The Morgan fingerprint density at radius 1 is 1.18 bits per heavy atom. The summed E-state index contributed by atoms with van der Waals surface area (Å²) in [4.78, 5) is 13.6. The van der Waals surface area contributed by atoms with Gasteiger partial charge in [-0.2, -0.15) is 0 Å². The molecule has 0 spiro atoms. The fourth-order valence-corrected chi connectivity index (χ4v) is 3.10. The minimum atomic E-state index is -4.06. The number of nitrogens with one attached hydrogen (secondary N) is 2. The molecular formula is C13H9BrClFN2O3S. The SMILES string of the molecule is O=C(NNS(=O)(=O)c1ccc(F)c(Cl)c1)c1ccccc1Br. The van der Waals surface area contributed by atoms with E-state index in [0.29, 0.717) is 4.47 Å². The summed E-state index contributed by atoms with van der Waals surface area (Å²) in [6.45, 7) is 0. The van der Waals surface area contributed by atoms with Gasteiger partial charge in [-0.15, -0.1) is 4.83 Å². The maximum absolute atomic E-state index is 13.0. The van der Waals surface area contributed by atoms with E-state index in [1.165, 1.54) is 6.07 Å². The Morgan fingerprint density at radius 3 is 2.50 bits per heavy atom. The Labute approximate surface area is 139 Å². The summed E-state index contributed by atoms with van der Waals surface area (Å²) in [5.41, 5.74) is 2.32. The zero-order valence-electron chi connectivity index (χ0n) is 10.8. The van der Waals surface area contributed by atoms with E-state index in [9.17, 15) is 17.6 Å². The molecule has 9 heteroatoms. The maximum atomic E-state index is 13.0. The maximum Gasteiger partial charge on any atom is 0.267 e. The van der Waals surface area contributed by atoms with E-state index in [1.54, 1.807) is 18.2 Å². The first-order chi connectivity index (χ1) is 10.3. The van der Waals surface area contributed by atoms with Gasteiger partial charge in [0, 0.05) is 4.47 Å². The van der Waals surface area contributed by atoms with E-state index in [2.05, 4.69) is 21.4 Å². The van der Waals surface area contributed by atoms with Gasteiger partial charge in [-0.05, 0) is 46.3 Å². The van der Waals surface area contributed by atoms with Crippen LogP contribution in [0.15, 0.2) is 51.8 Å². The molecule has 2 aromatic rings. The lowest BCUT2D eigenvalue weighted by atomic mass is 10.2. The van der Waals surface area contributed by atoms with Gasteiger partial charge in [0.2, 0.25) is 0 Å². The molecule has 2 N–H and O–H groups in total. The first kappa shape index (κ1) is 16.9. The van der Waals surface area contributed by atoms with Gasteiger partial charge in [-0.25, -0.2) is 12.8 Å². The van der Waals surface area contributed by atoms with E-state index in [-0.39, 0.29) is 15.5 Å². The number of amides is 1. The number of carbonyl (C=O) groups excluding carboxylic acids is 1. The molecule has 5 nitrogen and oxygen atoms in total. The van der Waals surface area contributed by atoms with Crippen LogP contribution < -0.4 is 10.3 Å². The highest BCUT2D eigenvalue weighted by Gasteiger charge is 2.18. The Morgan fingerprint density at radius 2 is 1.86 bits per heavy atom. The molecule has 0 radical (unpaired) electrons. The van der Waals surface area contributed by atoms with Gasteiger partial charge in [0.05, 0.1) is 15.5 Å². The minimum absolute atomic E-state index is 0.252. The van der Waals surface area contributed by atoms with Crippen LogP contribution in [-0.2, 0) is 10.0 Å². The van der Waals surface area contributed by atoms with E-state index in [4.69, 9.17) is 11.6 Å². The largest absolute Gasteiger partial charge is 0.273 e. The van der Waals surface area contributed by atoms with Crippen LogP contribution in [0.25, 0.3) is 0 Å². The van der Waals surface area contributed by atoms with E-state index < -0.39 is 21.7 Å². The molecule has 0 unspecified atom stereocenters. The summed E-state index contributed by atoms with van der Waals surface area (Å²) in [5, 5.41) is -0.333. The third-order valence-electron chi connectivity index (χ3n) is 2.62. The first-order valence-electron chi connectivity index (χ1n) is 5.83. The molecule has 0 saturated carbocycles. The number of hydrogen-bond acceptors (Lipinski definition) is 3. The van der Waals surface area contributed by atoms with Gasteiger partial charge in [0.15, 0.2) is 0 Å². The standard InChI is InChI=1S/C13H9BrClFN2O3S/c14-10-4-2-1-3-9(10)13(19)17-18-22(20,21)8-5-6-12(16)11(15)7-8/h1-7,18H,(H,17,19). The Kier molecular flexibility index (Phi) is 5.17. The van der Waals surface area contributed by atoms with Crippen LogP contribution in [0.3, 0.4) is 0 Å². The highest BCUT2D eigenvalue weighted by molar-refractivity contribution is 9.10. The van der Waals surface area contributed by atoms with Gasteiger partial charge >= 0.3 is 0 Å². The smallest absolute Gasteiger partial charge is 0.267 e. The molecule has 0 atom stereocenters. The highest BCUT2D eigenvalue weighted by atomic mass is 79.9. The molecule has 0 saturated heterocycles. The molecule has 0 heterocycles. The van der Waals surface area contributed by atoms with Crippen LogP contribution in [0.2, 0.25) is 5.02 Å². The summed E-state index contributed by atoms with van der Waals surface area (Å²) in [7, 11) is -4.06. The number of halogens is 3. The fourth-order valence-electron chi connectivity index (χ4n) is 1.53. The zero-order chi connectivity index (χ0) is 16.3. The highest BCUT2D eigenvalue weighted by Crippen LogP contribution is 2.19. The van der Waals surface area contributed by atoms with Gasteiger partial charge in [0.1, 0.15) is 5.82 Å². The van der Waals surface area contributed by atoms with Crippen molar-refractivity contribution in [3.8, 4) is 0 Å². The number of carbonyl (C=O) groups is 1. The van der Waals surface area contributed by atoms with Crippen molar-refractivity contribution in [1.82, 2.24) is 10.3 Å². The fraction of sp³-hybridized carbons (Fsp3) is 0. The van der Waals surface area contributed by atoms with Crippen LogP contribution in [0.1, 0.15) is 10.4 Å². The number of hydrogen-bond donors (Lipinski definition) is 2. The second kappa shape index (κ2) is 6.74. The van der Waals surface area contributed by atoms with Crippen molar-refractivity contribution in [3.63, 3.8) is 0 Å². The van der Waals surface area contributed by atoms with Crippen molar-refractivity contribution in [3.05, 3.63) is 63.3 Å². The number of hydrazine groups is 1. The van der Waals surface area contributed by atoms with Crippen molar-refractivity contribution < 1.29 is 17.6 Å². The monoisotopic (exact) mass is 406 g/mol. The second-order valence-electron chi connectivity index (χ2n) is 4.12. The molecule has 22 heavy (non-hydrogen) atoms.